The van der Waals surface area contributed by atoms with Crippen molar-refractivity contribution < 1.29 is 5.11 Å². The van der Waals surface area contributed by atoms with Crippen molar-refractivity contribution >= 4 is 47.8 Å². The van der Waals surface area contributed by atoms with Crippen molar-refractivity contribution in [3.63, 3.8) is 0 Å². The van der Waals surface area contributed by atoms with Crippen LogP contribution in [0.15, 0.2) is 12.3 Å². The average molecular weight is 365 g/mol. The molecule has 1 nitrogen and oxygen atoms in total. The van der Waals surface area contributed by atoms with Crippen molar-refractivity contribution in [1.29, 1.82) is 0 Å². The largest absolute Gasteiger partial charge is 0.516 e. The van der Waals surface area contributed by atoms with Gasteiger partial charge in [0.25, 0.3) is 0 Å². The Labute approximate surface area is 99.0 Å². The highest BCUT2D eigenvalue weighted by atomic mass is 79.9. The Kier molecular flexibility index (Phi) is 9.27. The molecule has 0 aromatic carbocycles. The van der Waals surface area contributed by atoms with Crippen LogP contribution in [-0.2, 0) is 0 Å². The van der Waals surface area contributed by atoms with E-state index in [9.17, 15) is 0 Å². The molecular weight excluding hydrogens is 352 g/mol. The molecule has 4 heteroatoms. The molecule has 0 aliphatic rings. The lowest BCUT2D eigenvalue weighted by molar-refractivity contribution is 0.470. The fraction of sp³-hybridized carbons (Fsp3) is 0.750. The van der Waals surface area contributed by atoms with E-state index in [1.807, 2.05) is 0 Å². The molecule has 2 unspecified atom stereocenters. The molecule has 72 valence electrons. The van der Waals surface area contributed by atoms with E-state index in [0.717, 1.165) is 18.0 Å². The van der Waals surface area contributed by atoms with E-state index in [0.29, 0.717) is 4.83 Å². The van der Waals surface area contributed by atoms with Crippen LogP contribution < -0.4 is 0 Å². The Bertz CT molecular complexity index is 127. The predicted molar refractivity (Wildman–Crippen MR) is 64.8 cm³/mol. The summed E-state index contributed by atoms with van der Waals surface area (Å²) in [6.45, 7) is 0. The number of rotatable bonds is 6. The molecule has 0 rings (SSSR count). The van der Waals surface area contributed by atoms with Crippen molar-refractivity contribution in [2.75, 3.05) is 5.33 Å². The molecule has 2 atom stereocenters. The van der Waals surface area contributed by atoms with Crippen LogP contribution in [0.4, 0.5) is 0 Å². The first-order valence-corrected chi connectivity index (χ1v) is 6.82. The van der Waals surface area contributed by atoms with Gasteiger partial charge in [0, 0.05) is 15.0 Å². The lowest BCUT2D eigenvalue weighted by atomic mass is 10.1. The first-order chi connectivity index (χ1) is 5.72. The van der Waals surface area contributed by atoms with Crippen molar-refractivity contribution in [2.45, 2.75) is 28.9 Å². The summed E-state index contributed by atoms with van der Waals surface area (Å²) in [4.78, 5) is 0.623. The fourth-order valence-corrected chi connectivity index (χ4v) is 2.09. The van der Waals surface area contributed by atoms with Gasteiger partial charge in [-0.3, -0.25) is 0 Å². The Balaban J connectivity index is 3.49. The number of aliphatic hydroxyl groups is 1. The van der Waals surface area contributed by atoms with Gasteiger partial charge in [-0.25, -0.2) is 0 Å². The molecule has 0 aromatic heterocycles. The van der Waals surface area contributed by atoms with E-state index in [2.05, 4.69) is 47.8 Å². The molecule has 0 fully saturated rings. The number of halogens is 3. The molecule has 12 heavy (non-hydrogen) atoms. The highest BCUT2D eigenvalue weighted by molar-refractivity contribution is 9.12. The van der Waals surface area contributed by atoms with Gasteiger partial charge in [-0.05, 0) is 18.9 Å². The standard InChI is InChI=1S/C8H13Br3O/c9-5-2-1-3-7(10)8(11)4-6-12/h4,6-8,12H,1-3,5H2. The van der Waals surface area contributed by atoms with Crippen LogP contribution in [0.2, 0.25) is 0 Å². The first-order valence-electron chi connectivity index (χ1n) is 3.87. The van der Waals surface area contributed by atoms with Gasteiger partial charge in [-0.2, -0.15) is 0 Å². The monoisotopic (exact) mass is 362 g/mol. The van der Waals surface area contributed by atoms with Crippen molar-refractivity contribution in [3.8, 4) is 0 Å². The van der Waals surface area contributed by atoms with Crippen LogP contribution in [0.25, 0.3) is 0 Å². The molecule has 0 aromatic rings. The Morgan fingerprint density at radius 3 is 2.42 bits per heavy atom. The van der Waals surface area contributed by atoms with Gasteiger partial charge in [-0.1, -0.05) is 54.2 Å². The Morgan fingerprint density at radius 2 is 1.92 bits per heavy atom. The number of unbranched alkanes of at least 4 members (excludes halogenated alkanes) is 1. The summed E-state index contributed by atoms with van der Waals surface area (Å²) < 4.78 is 0. The van der Waals surface area contributed by atoms with Crippen LogP contribution in [0, 0.1) is 0 Å². The molecule has 0 aliphatic carbocycles. The minimum Gasteiger partial charge on any atom is -0.516 e. The van der Waals surface area contributed by atoms with Crippen LogP contribution in [-0.4, -0.2) is 20.1 Å². The quantitative estimate of drug-likeness (QED) is 0.426. The van der Waals surface area contributed by atoms with Crippen LogP contribution in [0.5, 0.6) is 0 Å². The van der Waals surface area contributed by atoms with Gasteiger partial charge < -0.3 is 5.11 Å². The van der Waals surface area contributed by atoms with E-state index in [1.54, 1.807) is 6.08 Å². The van der Waals surface area contributed by atoms with Gasteiger partial charge >= 0.3 is 0 Å². The maximum Gasteiger partial charge on any atom is 0.0763 e. The van der Waals surface area contributed by atoms with Crippen LogP contribution >= 0.6 is 47.8 Å². The van der Waals surface area contributed by atoms with E-state index in [-0.39, 0.29) is 4.83 Å². The van der Waals surface area contributed by atoms with E-state index in [1.165, 1.54) is 12.8 Å². The molecule has 0 heterocycles. The average Bonchev–Trinajstić information content (AvgIpc) is 2.05. The van der Waals surface area contributed by atoms with Crippen molar-refractivity contribution in [1.82, 2.24) is 0 Å². The summed E-state index contributed by atoms with van der Waals surface area (Å²) in [6, 6.07) is 0. The number of allylic oxidation sites excluding steroid dienone is 1. The van der Waals surface area contributed by atoms with Crippen LogP contribution in [0.3, 0.4) is 0 Å². The molecule has 0 radical (unpaired) electrons. The Hall–Kier alpha value is 0.980. The zero-order valence-electron chi connectivity index (χ0n) is 6.72. The van der Waals surface area contributed by atoms with Gasteiger partial charge in [0.2, 0.25) is 0 Å². The van der Waals surface area contributed by atoms with Crippen molar-refractivity contribution in [2.24, 2.45) is 0 Å². The second kappa shape index (κ2) is 8.57. The normalized spacial score (nSPS) is 16.6. The summed E-state index contributed by atoms with van der Waals surface area (Å²) in [5.74, 6) is 0. The highest BCUT2D eigenvalue weighted by Gasteiger charge is 2.11. The number of hydrogen-bond donors (Lipinski definition) is 1. The maximum absolute atomic E-state index is 8.52. The van der Waals surface area contributed by atoms with Gasteiger partial charge in [0.05, 0.1) is 6.26 Å². The van der Waals surface area contributed by atoms with Gasteiger partial charge in [0.15, 0.2) is 0 Å². The third-order valence-electron chi connectivity index (χ3n) is 1.48. The summed E-state index contributed by atoms with van der Waals surface area (Å²) in [7, 11) is 0. The second-order valence-electron chi connectivity index (χ2n) is 2.49. The minimum atomic E-state index is 0.220. The number of alkyl halides is 3. The fourth-order valence-electron chi connectivity index (χ4n) is 0.796. The van der Waals surface area contributed by atoms with E-state index in [4.69, 9.17) is 5.11 Å². The second-order valence-corrected chi connectivity index (χ2v) is 5.51. The molecule has 0 saturated heterocycles. The predicted octanol–water partition coefficient (Wildman–Crippen LogP) is 4.15. The topological polar surface area (TPSA) is 20.2 Å². The van der Waals surface area contributed by atoms with E-state index >= 15 is 0 Å². The summed E-state index contributed by atoms with van der Waals surface area (Å²) >= 11 is 10.4. The molecule has 0 bridgehead atoms. The third-order valence-corrected chi connectivity index (χ3v) is 4.72. The smallest absolute Gasteiger partial charge is 0.0763 e. The van der Waals surface area contributed by atoms with Gasteiger partial charge in [0.1, 0.15) is 0 Å². The van der Waals surface area contributed by atoms with Crippen LogP contribution in [0.1, 0.15) is 19.3 Å². The van der Waals surface area contributed by atoms with Gasteiger partial charge in [-0.15, -0.1) is 0 Å². The Morgan fingerprint density at radius 1 is 1.25 bits per heavy atom. The lowest BCUT2D eigenvalue weighted by Gasteiger charge is -2.11. The third kappa shape index (κ3) is 6.49. The summed E-state index contributed by atoms with van der Waals surface area (Å²) in [6.07, 6.45) is 6.32. The number of hydrogen-bond acceptors (Lipinski definition) is 1. The first kappa shape index (κ1) is 13.0. The molecular formula is C8H13Br3O. The molecule has 0 spiro atoms. The molecule has 0 amide bonds. The molecule has 0 aliphatic heterocycles. The zero-order chi connectivity index (χ0) is 9.40. The molecule has 0 saturated carbocycles. The number of aliphatic hydroxyl groups excluding tert-OH is 1. The molecule has 1 N–H and O–H groups in total. The SMILES string of the molecule is OC=CC(Br)C(Br)CCCCBr. The minimum absolute atomic E-state index is 0.220. The van der Waals surface area contributed by atoms with Crippen molar-refractivity contribution in [3.05, 3.63) is 12.3 Å². The lowest BCUT2D eigenvalue weighted by Crippen LogP contribution is -2.10. The zero-order valence-corrected chi connectivity index (χ0v) is 11.5. The summed E-state index contributed by atoms with van der Waals surface area (Å²) in [5.41, 5.74) is 0. The summed E-state index contributed by atoms with van der Waals surface area (Å²) in [5, 5.41) is 9.58. The van der Waals surface area contributed by atoms with E-state index < -0.39 is 0 Å². The highest BCUT2D eigenvalue weighted by Crippen LogP contribution is 2.21. The maximum atomic E-state index is 8.52.